The second kappa shape index (κ2) is 9.16. The van der Waals surface area contributed by atoms with Gasteiger partial charge in [0.25, 0.3) is 0 Å². The predicted octanol–water partition coefficient (Wildman–Crippen LogP) is 6.81. The smallest absolute Gasteiger partial charge is 0.208 e. The fourth-order valence-electron chi connectivity index (χ4n) is 4.11. The first-order chi connectivity index (χ1) is 15.8. The maximum atomic E-state index is 9.17. The molecule has 0 fully saturated rings. The number of aromatic nitrogens is 2. The molecule has 0 saturated carbocycles. The van der Waals surface area contributed by atoms with Crippen molar-refractivity contribution in [3.05, 3.63) is 70.2 Å². The van der Waals surface area contributed by atoms with Gasteiger partial charge in [0.15, 0.2) is 0 Å². The van der Waals surface area contributed by atoms with Gasteiger partial charge in [0.1, 0.15) is 5.75 Å². The molecule has 1 aromatic heterocycles. The van der Waals surface area contributed by atoms with Crippen LogP contribution in [0.5, 0.6) is 5.75 Å². The van der Waals surface area contributed by atoms with Gasteiger partial charge in [0.2, 0.25) is 5.95 Å². The first-order valence-corrected chi connectivity index (χ1v) is 11.5. The van der Waals surface area contributed by atoms with Crippen molar-refractivity contribution < 1.29 is 4.74 Å². The van der Waals surface area contributed by atoms with Crippen LogP contribution in [0, 0.1) is 18.3 Å². The Morgan fingerprint density at radius 2 is 1.88 bits per heavy atom. The van der Waals surface area contributed by atoms with Crippen molar-refractivity contribution in [2.24, 2.45) is 7.05 Å². The quantitative estimate of drug-likeness (QED) is 0.312. The molecule has 0 saturated heterocycles. The molecule has 0 radical (unpaired) electrons. The highest BCUT2D eigenvalue weighted by Gasteiger charge is 2.21. The lowest BCUT2D eigenvalue weighted by Gasteiger charge is -2.30. The van der Waals surface area contributed by atoms with Gasteiger partial charge in [-0.25, -0.2) is 4.98 Å². The van der Waals surface area contributed by atoms with E-state index in [1.807, 2.05) is 62.5 Å². The van der Waals surface area contributed by atoms with Gasteiger partial charge in [0, 0.05) is 23.2 Å². The standard InChI is InChI=1S/C26H26BrN5O/c1-16(2)32(20-11-9-18(15-28)10-12-20)22-8-6-7-21-25(22)31(4)26(29-21)30-24-17(3)13-19(27)14-23(24)33-5/h6-14,16H,1-5H3,(H,29,30). The van der Waals surface area contributed by atoms with Gasteiger partial charge in [-0.1, -0.05) is 22.0 Å². The van der Waals surface area contributed by atoms with E-state index in [1.165, 1.54) is 0 Å². The lowest BCUT2D eigenvalue weighted by molar-refractivity contribution is 0.416. The lowest BCUT2D eigenvalue weighted by Crippen LogP contribution is -2.26. The Morgan fingerprint density at radius 1 is 1.15 bits per heavy atom. The summed E-state index contributed by atoms with van der Waals surface area (Å²) in [6.07, 6.45) is 0. The summed E-state index contributed by atoms with van der Waals surface area (Å²) in [6, 6.07) is 20.2. The summed E-state index contributed by atoms with van der Waals surface area (Å²) in [4.78, 5) is 7.15. The number of ether oxygens (including phenoxy) is 1. The monoisotopic (exact) mass is 503 g/mol. The van der Waals surface area contributed by atoms with Gasteiger partial charge in [-0.15, -0.1) is 0 Å². The maximum Gasteiger partial charge on any atom is 0.208 e. The van der Waals surface area contributed by atoms with Crippen LogP contribution in [0.4, 0.5) is 23.0 Å². The second-order valence-electron chi connectivity index (χ2n) is 8.19. The summed E-state index contributed by atoms with van der Waals surface area (Å²) in [6.45, 7) is 6.35. The molecule has 168 valence electrons. The zero-order valence-corrected chi connectivity index (χ0v) is 20.9. The molecule has 0 amide bonds. The van der Waals surface area contributed by atoms with E-state index in [2.05, 4.69) is 56.7 Å². The average molecular weight is 504 g/mol. The number of benzene rings is 3. The Morgan fingerprint density at radius 3 is 2.52 bits per heavy atom. The molecule has 0 atom stereocenters. The third-order valence-corrected chi connectivity index (χ3v) is 6.10. The molecule has 7 heteroatoms. The molecule has 0 aliphatic carbocycles. The Balaban J connectivity index is 1.83. The van der Waals surface area contributed by atoms with Gasteiger partial charge in [-0.2, -0.15) is 5.26 Å². The van der Waals surface area contributed by atoms with Crippen LogP contribution in [-0.4, -0.2) is 22.7 Å². The number of nitrogens with zero attached hydrogens (tertiary/aromatic N) is 4. The fourth-order valence-corrected chi connectivity index (χ4v) is 4.66. The average Bonchev–Trinajstić information content (AvgIpc) is 3.11. The summed E-state index contributed by atoms with van der Waals surface area (Å²) in [5.41, 5.74) is 6.57. The Labute approximate surface area is 202 Å². The molecule has 0 bridgehead atoms. The third-order valence-electron chi connectivity index (χ3n) is 5.64. The highest BCUT2D eigenvalue weighted by molar-refractivity contribution is 9.10. The second-order valence-corrected chi connectivity index (χ2v) is 9.10. The molecule has 0 aliphatic heterocycles. The molecule has 1 heterocycles. The zero-order chi connectivity index (χ0) is 23.7. The minimum Gasteiger partial charge on any atom is -0.495 e. The van der Waals surface area contributed by atoms with Gasteiger partial charge in [-0.3, -0.25) is 0 Å². The largest absolute Gasteiger partial charge is 0.495 e. The van der Waals surface area contributed by atoms with Crippen LogP contribution in [0.1, 0.15) is 25.0 Å². The summed E-state index contributed by atoms with van der Waals surface area (Å²) >= 11 is 3.53. The summed E-state index contributed by atoms with van der Waals surface area (Å²) in [5.74, 6) is 1.47. The highest BCUT2D eigenvalue weighted by Crippen LogP contribution is 2.38. The van der Waals surface area contributed by atoms with Crippen molar-refractivity contribution in [3.8, 4) is 11.8 Å². The number of para-hydroxylation sites is 1. The van der Waals surface area contributed by atoms with Crippen LogP contribution < -0.4 is 15.0 Å². The lowest BCUT2D eigenvalue weighted by atomic mass is 10.1. The molecule has 6 nitrogen and oxygen atoms in total. The highest BCUT2D eigenvalue weighted by atomic mass is 79.9. The first kappa shape index (κ1) is 22.7. The number of anilines is 4. The van der Waals surface area contributed by atoms with E-state index in [0.717, 1.165) is 49.8 Å². The van der Waals surface area contributed by atoms with E-state index in [9.17, 15) is 5.26 Å². The van der Waals surface area contributed by atoms with Crippen molar-refractivity contribution in [3.63, 3.8) is 0 Å². The zero-order valence-electron chi connectivity index (χ0n) is 19.3. The maximum absolute atomic E-state index is 9.17. The number of imidazole rings is 1. The van der Waals surface area contributed by atoms with Crippen molar-refractivity contribution in [2.75, 3.05) is 17.3 Å². The number of aryl methyl sites for hydroxylation is 2. The Hall–Kier alpha value is -3.50. The molecule has 4 aromatic rings. The summed E-state index contributed by atoms with van der Waals surface area (Å²) < 4.78 is 8.64. The molecule has 0 spiro atoms. The number of nitriles is 1. The van der Waals surface area contributed by atoms with E-state index in [-0.39, 0.29) is 6.04 Å². The molecule has 33 heavy (non-hydrogen) atoms. The normalized spacial score (nSPS) is 11.0. The van der Waals surface area contributed by atoms with Crippen molar-refractivity contribution in [2.45, 2.75) is 26.8 Å². The fraction of sp³-hybridized carbons (Fsp3) is 0.231. The van der Waals surface area contributed by atoms with E-state index in [0.29, 0.717) is 5.56 Å². The van der Waals surface area contributed by atoms with Crippen LogP contribution in [0.15, 0.2) is 59.1 Å². The van der Waals surface area contributed by atoms with E-state index in [4.69, 9.17) is 9.72 Å². The molecule has 3 aromatic carbocycles. The van der Waals surface area contributed by atoms with Crippen LogP contribution in [0.2, 0.25) is 0 Å². The number of fused-ring (bicyclic) bond motifs is 1. The summed E-state index contributed by atoms with van der Waals surface area (Å²) in [5, 5.41) is 12.7. The predicted molar refractivity (Wildman–Crippen MR) is 138 cm³/mol. The molecule has 1 N–H and O–H groups in total. The number of rotatable bonds is 6. The van der Waals surface area contributed by atoms with Crippen LogP contribution in [0.3, 0.4) is 0 Å². The third kappa shape index (κ3) is 4.27. The number of methoxy groups -OCH3 is 1. The number of halogens is 1. The van der Waals surface area contributed by atoms with Crippen molar-refractivity contribution in [1.82, 2.24) is 9.55 Å². The van der Waals surface area contributed by atoms with Gasteiger partial charge < -0.3 is 19.5 Å². The molecule has 0 unspecified atom stereocenters. The molecule has 0 aliphatic rings. The number of hydrogen-bond donors (Lipinski definition) is 1. The number of nitrogens with one attached hydrogen (secondary N) is 1. The van der Waals surface area contributed by atoms with E-state index >= 15 is 0 Å². The first-order valence-electron chi connectivity index (χ1n) is 10.7. The van der Waals surface area contributed by atoms with Crippen LogP contribution >= 0.6 is 15.9 Å². The van der Waals surface area contributed by atoms with Crippen LogP contribution in [-0.2, 0) is 7.05 Å². The topological polar surface area (TPSA) is 66.1 Å². The van der Waals surface area contributed by atoms with E-state index < -0.39 is 0 Å². The minimum atomic E-state index is 0.198. The SMILES string of the molecule is COc1cc(Br)cc(C)c1Nc1nc2cccc(N(c3ccc(C#N)cc3)C(C)C)c2n1C. The molecular weight excluding hydrogens is 478 g/mol. The van der Waals surface area contributed by atoms with Gasteiger partial charge in [0.05, 0.1) is 41.2 Å². The summed E-state index contributed by atoms with van der Waals surface area (Å²) in [7, 11) is 3.68. The molecular formula is C26H26BrN5O. The van der Waals surface area contributed by atoms with Gasteiger partial charge in [-0.05, 0) is 74.9 Å². The van der Waals surface area contributed by atoms with Gasteiger partial charge >= 0.3 is 0 Å². The minimum absolute atomic E-state index is 0.198. The Bertz CT molecular complexity index is 1350. The van der Waals surface area contributed by atoms with Crippen molar-refractivity contribution in [1.29, 1.82) is 5.26 Å². The van der Waals surface area contributed by atoms with E-state index in [1.54, 1.807) is 7.11 Å². The Kier molecular flexibility index (Phi) is 6.30. The van der Waals surface area contributed by atoms with Crippen molar-refractivity contribution >= 4 is 50.0 Å². The number of hydrogen-bond acceptors (Lipinski definition) is 5. The van der Waals surface area contributed by atoms with Crippen LogP contribution in [0.25, 0.3) is 11.0 Å². The molecule has 4 rings (SSSR count).